The van der Waals surface area contributed by atoms with Crippen LogP contribution in [0.1, 0.15) is 20.8 Å². The molecule has 1 unspecified atom stereocenters. The first kappa shape index (κ1) is 14.2. The minimum atomic E-state index is -0.319. The first-order valence-electron chi connectivity index (χ1n) is 5.94. The topological polar surface area (TPSA) is 76.4 Å². The van der Waals surface area contributed by atoms with Crippen LogP contribution < -0.4 is 21.1 Å². The second-order valence-corrected chi connectivity index (χ2v) is 4.49. The van der Waals surface area contributed by atoms with Gasteiger partial charge in [0.15, 0.2) is 0 Å². The molecule has 18 heavy (non-hydrogen) atoms. The summed E-state index contributed by atoms with van der Waals surface area (Å²) in [5.74, 6) is 0.553. The molecule has 100 valence electrons. The zero-order chi connectivity index (χ0) is 13.7. The maximum Gasteiger partial charge on any atom is 0.242 e. The predicted octanol–water partition coefficient (Wildman–Crippen LogP) is 1.60. The molecule has 0 saturated carbocycles. The molecule has 4 N–H and O–H groups in total. The van der Waals surface area contributed by atoms with Gasteiger partial charge in [0.1, 0.15) is 11.8 Å². The molecule has 1 aromatic carbocycles. The Kier molecular flexibility index (Phi) is 4.83. The summed E-state index contributed by atoms with van der Waals surface area (Å²) in [6, 6.07) is 5.14. The minimum absolute atomic E-state index is 0.0409. The average Bonchev–Trinajstić information content (AvgIpc) is 2.30. The molecule has 0 radical (unpaired) electrons. The Hall–Kier alpha value is -1.91. The maximum atomic E-state index is 11.7. The highest BCUT2D eigenvalue weighted by Crippen LogP contribution is 2.25. The fraction of sp³-hybridized carbons (Fsp3) is 0.462. The molecule has 5 nitrogen and oxygen atoms in total. The van der Waals surface area contributed by atoms with E-state index < -0.39 is 0 Å². The minimum Gasteiger partial charge on any atom is -0.495 e. The Bertz CT molecular complexity index is 419. The van der Waals surface area contributed by atoms with E-state index in [1.807, 2.05) is 19.9 Å². The third-order valence-electron chi connectivity index (χ3n) is 2.44. The smallest absolute Gasteiger partial charge is 0.242 e. The summed E-state index contributed by atoms with van der Waals surface area (Å²) < 4.78 is 5.13. The summed E-state index contributed by atoms with van der Waals surface area (Å²) in [6.45, 7) is 5.66. The van der Waals surface area contributed by atoms with Crippen molar-refractivity contribution in [2.45, 2.75) is 32.9 Å². The standard InChI is InChI=1S/C13H21N3O2/c1-8(2)15-13(17)9(3)16-10-5-6-11(14)12(7-10)18-4/h5-9,16H,14H2,1-4H3,(H,15,17). The van der Waals surface area contributed by atoms with Gasteiger partial charge in [-0.15, -0.1) is 0 Å². The van der Waals surface area contributed by atoms with Crippen LogP contribution in [0.2, 0.25) is 0 Å². The number of hydrogen-bond donors (Lipinski definition) is 3. The highest BCUT2D eigenvalue weighted by molar-refractivity contribution is 5.84. The molecule has 0 aliphatic rings. The second-order valence-electron chi connectivity index (χ2n) is 4.49. The quantitative estimate of drug-likeness (QED) is 0.695. The summed E-state index contributed by atoms with van der Waals surface area (Å²) >= 11 is 0. The van der Waals surface area contributed by atoms with Crippen molar-refractivity contribution >= 4 is 17.3 Å². The van der Waals surface area contributed by atoms with Gasteiger partial charge in [0.05, 0.1) is 12.8 Å². The van der Waals surface area contributed by atoms with Crippen molar-refractivity contribution in [1.82, 2.24) is 5.32 Å². The molecule has 0 bridgehead atoms. The first-order chi connectivity index (χ1) is 8.43. The van der Waals surface area contributed by atoms with E-state index >= 15 is 0 Å². The fourth-order valence-corrected chi connectivity index (χ4v) is 1.53. The Morgan fingerprint density at radius 2 is 2.00 bits per heavy atom. The SMILES string of the molecule is COc1cc(NC(C)C(=O)NC(C)C)ccc1N. The van der Waals surface area contributed by atoms with Gasteiger partial charge in [0, 0.05) is 17.8 Å². The third-order valence-corrected chi connectivity index (χ3v) is 2.44. The van der Waals surface area contributed by atoms with Crippen molar-refractivity contribution in [3.05, 3.63) is 18.2 Å². The lowest BCUT2D eigenvalue weighted by atomic mass is 10.2. The number of nitrogen functional groups attached to an aromatic ring is 1. The van der Waals surface area contributed by atoms with Crippen molar-refractivity contribution in [2.24, 2.45) is 0 Å². The molecule has 0 spiro atoms. The van der Waals surface area contributed by atoms with E-state index in [1.165, 1.54) is 0 Å². The van der Waals surface area contributed by atoms with Crippen LogP contribution in [0.4, 0.5) is 11.4 Å². The van der Waals surface area contributed by atoms with E-state index in [-0.39, 0.29) is 18.0 Å². The molecular formula is C13H21N3O2. The maximum absolute atomic E-state index is 11.7. The van der Waals surface area contributed by atoms with Gasteiger partial charge in [0.25, 0.3) is 0 Å². The summed E-state index contributed by atoms with van der Waals surface area (Å²) in [7, 11) is 1.56. The Morgan fingerprint density at radius 1 is 1.33 bits per heavy atom. The molecule has 1 rings (SSSR count). The van der Waals surface area contributed by atoms with Gasteiger partial charge in [-0.3, -0.25) is 4.79 Å². The van der Waals surface area contributed by atoms with Crippen LogP contribution in [0, 0.1) is 0 Å². The molecule has 1 atom stereocenters. The van der Waals surface area contributed by atoms with E-state index in [9.17, 15) is 4.79 Å². The molecule has 0 saturated heterocycles. The number of ether oxygens (including phenoxy) is 1. The lowest BCUT2D eigenvalue weighted by Gasteiger charge is -2.17. The van der Waals surface area contributed by atoms with Gasteiger partial charge in [0.2, 0.25) is 5.91 Å². The molecule has 5 heteroatoms. The Balaban J connectivity index is 2.69. The van der Waals surface area contributed by atoms with Crippen molar-refractivity contribution in [3.8, 4) is 5.75 Å². The molecule has 0 fully saturated rings. The summed E-state index contributed by atoms with van der Waals surface area (Å²) in [4.78, 5) is 11.7. The largest absolute Gasteiger partial charge is 0.495 e. The lowest BCUT2D eigenvalue weighted by molar-refractivity contribution is -0.122. The number of carbonyl (C=O) groups excluding carboxylic acids is 1. The monoisotopic (exact) mass is 251 g/mol. The number of nitrogens with two attached hydrogens (primary N) is 1. The van der Waals surface area contributed by atoms with Gasteiger partial charge in [-0.05, 0) is 32.9 Å². The second kappa shape index (κ2) is 6.14. The average molecular weight is 251 g/mol. The molecule has 0 aromatic heterocycles. The molecule has 0 heterocycles. The van der Waals surface area contributed by atoms with E-state index in [4.69, 9.17) is 10.5 Å². The van der Waals surface area contributed by atoms with E-state index in [0.29, 0.717) is 11.4 Å². The van der Waals surface area contributed by atoms with Crippen molar-refractivity contribution in [2.75, 3.05) is 18.2 Å². The zero-order valence-electron chi connectivity index (χ0n) is 11.3. The van der Waals surface area contributed by atoms with E-state index in [0.717, 1.165) is 5.69 Å². The molecule has 1 amide bonds. The van der Waals surface area contributed by atoms with Gasteiger partial charge in [-0.25, -0.2) is 0 Å². The van der Waals surface area contributed by atoms with Gasteiger partial charge < -0.3 is 21.1 Å². The van der Waals surface area contributed by atoms with Crippen LogP contribution >= 0.6 is 0 Å². The van der Waals surface area contributed by atoms with Gasteiger partial charge >= 0.3 is 0 Å². The Labute approximate surface area is 108 Å². The van der Waals surface area contributed by atoms with Crippen LogP contribution in [0.3, 0.4) is 0 Å². The number of methoxy groups -OCH3 is 1. The van der Waals surface area contributed by atoms with Crippen LogP contribution in [0.5, 0.6) is 5.75 Å². The molecule has 0 aliphatic carbocycles. The molecule has 0 aliphatic heterocycles. The van der Waals surface area contributed by atoms with Crippen LogP contribution in [-0.4, -0.2) is 25.1 Å². The van der Waals surface area contributed by atoms with Gasteiger partial charge in [-0.1, -0.05) is 0 Å². The number of hydrogen-bond acceptors (Lipinski definition) is 4. The van der Waals surface area contributed by atoms with E-state index in [2.05, 4.69) is 10.6 Å². The zero-order valence-corrected chi connectivity index (χ0v) is 11.3. The van der Waals surface area contributed by atoms with Crippen molar-refractivity contribution in [3.63, 3.8) is 0 Å². The number of amides is 1. The van der Waals surface area contributed by atoms with Crippen LogP contribution in [-0.2, 0) is 4.79 Å². The van der Waals surface area contributed by atoms with Crippen molar-refractivity contribution in [1.29, 1.82) is 0 Å². The predicted molar refractivity (Wildman–Crippen MR) is 73.8 cm³/mol. The highest BCUT2D eigenvalue weighted by atomic mass is 16.5. The number of rotatable bonds is 5. The van der Waals surface area contributed by atoms with Gasteiger partial charge in [-0.2, -0.15) is 0 Å². The molecule has 1 aromatic rings. The van der Waals surface area contributed by atoms with Crippen molar-refractivity contribution < 1.29 is 9.53 Å². The normalized spacial score (nSPS) is 12.1. The number of anilines is 2. The summed E-state index contributed by atoms with van der Waals surface area (Å²) in [6.07, 6.45) is 0. The van der Waals surface area contributed by atoms with Crippen LogP contribution in [0.15, 0.2) is 18.2 Å². The fourth-order valence-electron chi connectivity index (χ4n) is 1.53. The highest BCUT2D eigenvalue weighted by Gasteiger charge is 2.13. The first-order valence-corrected chi connectivity index (χ1v) is 5.94. The number of carbonyl (C=O) groups is 1. The number of benzene rings is 1. The Morgan fingerprint density at radius 3 is 2.56 bits per heavy atom. The third kappa shape index (κ3) is 3.84. The lowest BCUT2D eigenvalue weighted by Crippen LogP contribution is -2.40. The van der Waals surface area contributed by atoms with E-state index in [1.54, 1.807) is 26.2 Å². The number of nitrogens with one attached hydrogen (secondary N) is 2. The van der Waals surface area contributed by atoms with Crippen LogP contribution in [0.25, 0.3) is 0 Å². The molecular weight excluding hydrogens is 230 g/mol. The summed E-state index contributed by atoms with van der Waals surface area (Å²) in [5.41, 5.74) is 7.09. The summed E-state index contributed by atoms with van der Waals surface area (Å²) in [5, 5.41) is 5.95.